The summed E-state index contributed by atoms with van der Waals surface area (Å²) in [4.78, 5) is 12.5. The van der Waals surface area contributed by atoms with E-state index in [0.717, 1.165) is 18.4 Å². The lowest BCUT2D eigenvalue weighted by atomic mass is 9.74. The number of hydrogen-bond acceptors (Lipinski definition) is 4. The van der Waals surface area contributed by atoms with Crippen LogP contribution in [0.3, 0.4) is 0 Å². The number of nitrogens with one attached hydrogen (secondary N) is 1. The second-order valence-electron chi connectivity index (χ2n) is 6.62. The van der Waals surface area contributed by atoms with Crippen molar-refractivity contribution in [2.24, 2.45) is 0 Å². The molecule has 6 heteroatoms. The first-order valence-electron chi connectivity index (χ1n) is 8.92. The first kappa shape index (κ1) is 19.2. The molecule has 1 amide bonds. The molecule has 0 spiro atoms. The van der Waals surface area contributed by atoms with Crippen molar-refractivity contribution in [2.75, 3.05) is 34.0 Å². The van der Waals surface area contributed by atoms with E-state index in [4.69, 9.17) is 14.2 Å². The van der Waals surface area contributed by atoms with Crippen LogP contribution in [0.5, 0.6) is 11.5 Å². The lowest BCUT2D eigenvalue weighted by Gasteiger charge is -2.38. The van der Waals surface area contributed by atoms with Crippen molar-refractivity contribution in [3.63, 3.8) is 0 Å². The van der Waals surface area contributed by atoms with Crippen LogP contribution in [-0.2, 0) is 10.2 Å². The van der Waals surface area contributed by atoms with Crippen molar-refractivity contribution < 1.29 is 23.4 Å². The van der Waals surface area contributed by atoms with E-state index >= 15 is 0 Å². The number of carbonyl (C=O) groups is 1. The van der Waals surface area contributed by atoms with Crippen LogP contribution >= 0.6 is 0 Å². The normalized spacial score (nSPS) is 15.8. The highest BCUT2D eigenvalue weighted by molar-refractivity contribution is 5.94. The number of halogens is 1. The van der Waals surface area contributed by atoms with Crippen molar-refractivity contribution in [2.45, 2.75) is 18.3 Å². The van der Waals surface area contributed by atoms with E-state index in [-0.39, 0.29) is 11.0 Å². The maximum Gasteiger partial charge on any atom is 0.254 e. The molecule has 144 valence electrons. The van der Waals surface area contributed by atoms with Crippen molar-refractivity contribution in [1.29, 1.82) is 0 Å². The van der Waals surface area contributed by atoms with E-state index in [1.807, 2.05) is 18.2 Å². The van der Waals surface area contributed by atoms with Crippen molar-refractivity contribution >= 4 is 5.91 Å². The Morgan fingerprint density at radius 2 is 1.81 bits per heavy atom. The van der Waals surface area contributed by atoms with Crippen LogP contribution in [0.1, 0.15) is 28.8 Å². The molecule has 0 aromatic heterocycles. The average molecular weight is 373 g/mol. The second-order valence-corrected chi connectivity index (χ2v) is 6.62. The molecule has 1 heterocycles. The van der Waals surface area contributed by atoms with Gasteiger partial charge >= 0.3 is 0 Å². The summed E-state index contributed by atoms with van der Waals surface area (Å²) in [5, 5.41) is 2.91. The Morgan fingerprint density at radius 1 is 1.11 bits per heavy atom. The van der Waals surface area contributed by atoms with Gasteiger partial charge in [-0.25, -0.2) is 4.39 Å². The molecular weight excluding hydrogens is 349 g/mol. The van der Waals surface area contributed by atoms with Crippen molar-refractivity contribution in [3.8, 4) is 11.5 Å². The Kier molecular flexibility index (Phi) is 5.96. The Morgan fingerprint density at radius 3 is 2.48 bits per heavy atom. The fraction of sp³-hybridized carbons (Fsp3) is 0.381. The molecule has 0 saturated carbocycles. The van der Waals surface area contributed by atoms with E-state index in [0.29, 0.717) is 31.3 Å². The zero-order chi connectivity index (χ0) is 19.3. The van der Waals surface area contributed by atoms with E-state index in [2.05, 4.69) is 5.32 Å². The second kappa shape index (κ2) is 8.39. The first-order valence-corrected chi connectivity index (χ1v) is 8.92. The van der Waals surface area contributed by atoms with Gasteiger partial charge in [-0.05, 0) is 42.7 Å². The molecular formula is C21H24FNO4. The lowest BCUT2D eigenvalue weighted by molar-refractivity contribution is 0.0486. The zero-order valence-corrected chi connectivity index (χ0v) is 15.6. The number of methoxy groups -OCH3 is 2. The summed E-state index contributed by atoms with van der Waals surface area (Å²) in [7, 11) is 3.19. The minimum Gasteiger partial charge on any atom is -0.493 e. The largest absolute Gasteiger partial charge is 0.493 e. The summed E-state index contributed by atoms with van der Waals surface area (Å²) in [6.45, 7) is 1.59. The number of hydrogen-bond donors (Lipinski definition) is 1. The average Bonchev–Trinajstić information content (AvgIpc) is 2.72. The Hall–Kier alpha value is -2.60. The van der Waals surface area contributed by atoms with Crippen LogP contribution in [0.15, 0.2) is 42.5 Å². The molecule has 2 aromatic carbocycles. The topological polar surface area (TPSA) is 56.8 Å². The highest BCUT2D eigenvalue weighted by Gasteiger charge is 2.35. The van der Waals surface area contributed by atoms with Crippen molar-refractivity contribution in [1.82, 2.24) is 5.32 Å². The summed E-state index contributed by atoms with van der Waals surface area (Å²) in [5.74, 6) is 0.349. The SMILES string of the molecule is COc1ccc(C2(CNC(=O)c3ccccc3F)CCOCC2)cc1OC. The van der Waals surface area contributed by atoms with Crippen LogP contribution in [0.25, 0.3) is 0 Å². The number of benzene rings is 2. The van der Waals surface area contributed by atoms with Gasteiger partial charge in [0.15, 0.2) is 11.5 Å². The molecule has 0 bridgehead atoms. The molecule has 1 aliphatic rings. The van der Waals surface area contributed by atoms with Crippen LogP contribution in [0.4, 0.5) is 4.39 Å². The third-order valence-corrected chi connectivity index (χ3v) is 5.15. The summed E-state index contributed by atoms with van der Waals surface area (Å²) in [5.41, 5.74) is 0.780. The minimum atomic E-state index is -0.526. The monoisotopic (exact) mass is 373 g/mol. The fourth-order valence-electron chi connectivity index (χ4n) is 3.49. The van der Waals surface area contributed by atoms with E-state index in [9.17, 15) is 9.18 Å². The predicted molar refractivity (Wildman–Crippen MR) is 100 cm³/mol. The summed E-state index contributed by atoms with van der Waals surface area (Å²) in [6.07, 6.45) is 1.50. The molecule has 0 atom stereocenters. The maximum atomic E-state index is 13.9. The molecule has 5 nitrogen and oxygen atoms in total. The molecule has 0 aliphatic carbocycles. The lowest BCUT2D eigenvalue weighted by Crippen LogP contribution is -2.44. The van der Waals surface area contributed by atoms with Crippen LogP contribution < -0.4 is 14.8 Å². The van der Waals surface area contributed by atoms with Gasteiger partial charge in [0, 0.05) is 25.2 Å². The van der Waals surface area contributed by atoms with Gasteiger partial charge in [0.05, 0.1) is 19.8 Å². The molecule has 27 heavy (non-hydrogen) atoms. The zero-order valence-electron chi connectivity index (χ0n) is 15.6. The summed E-state index contributed by atoms with van der Waals surface area (Å²) < 4.78 is 30.2. The molecule has 3 rings (SSSR count). The van der Waals surface area contributed by atoms with Gasteiger partial charge in [0.25, 0.3) is 5.91 Å². The third kappa shape index (κ3) is 4.06. The highest BCUT2D eigenvalue weighted by atomic mass is 19.1. The van der Waals surface area contributed by atoms with Crippen LogP contribution in [0.2, 0.25) is 0 Å². The minimum absolute atomic E-state index is 0.0482. The predicted octanol–water partition coefficient (Wildman–Crippen LogP) is 3.32. The van der Waals surface area contributed by atoms with Crippen molar-refractivity contribution in [3.05, 3.63) is 59.4 Å². The Bertz CT molecular complexity index is 803. The summed E-state index contributed by atoms with van der Waals surface area (Å²) >= 11 is 0. The van der Waals surface area contributed by atoms with Gasteiger partial charge in [0.2, 0.25) is 0 Å². The van der Waals surface area contributed by atoms with Gasteiger partial charge in [-0.2, -0.15) is 0 Å². The van der Waals surface area contributed by atoms with Crippen LogP contribution in [0, 0.1) is 5.82 Å². The first-order chi connectivity index (χ1) is 13.1. The Balaban J connectivity index is 1.85. The van der Waals surface area contributed by atoms with E-state index in [1.165, 1.54) is 12.1 Å². The number of rotatable bonds is 6. The molecule has 2 aromatic rings. The van der Waals surface area contributed by atoms with E-state index in [1.54, 1.807) is 26.4 Å². The fourth-order valence-corrected chi connectivity index (χ4v) is 3.49. The molecule has 1 N–H and O–H groups in total. The molecule has 1 fully saturated rings. The van der Waals surface area contributed by atoms with E-state index < -0.39 is 11.7 Å². The number of ether oxygens (including phenoxy) is 3. The standard InChI is InChI=1S/C21H24FNO4/c1-25-18-8-7-15(13-19(18)26-2)21(9-11-27-12-10-21)14-23-20(24)16-5-3-4-6-17(16)22/h3-8,13H,9-12,14H2,1-2H3,(H,23,24). The Labute approximate surface area is 158 Å². The summed E-state index contributed by atoms with van der Waals surface area (Å²) in [6, 6.07) is 11.8. The van der Waals surface area contributed by atoms with Gasteiger partial charge in [-0.15, -0.1) is 0 Å². The quantitative estimate of drug-likeness (QED) is 0.844. The maximum absolute atomic E-state index is 13.9. The number of carbonyl (C=O) groups excluding carboxylic acids is 1. The van der Waals surface area contributed by atoms with Gasteiger partial charge in [0.1, 0.15) is 5.82 Å². The number of amides is 1. The van der Waals surface area contributed by atoms with Gasteiger partial charge in [-0.3, -0.25) is 4.79 Å². The molecule has 0 radical (unpaired) electrons. The third-order valence-electron chi connectivity index (χ3n) is 5.15. The van der Waals surface area contributed by atoms with Crippen LogP contribution in [-0.4, -0.2) is 39.9 Å². The van der Waals surface area contributed by atoms with Gasteiger partial charge < -0.3 is 19.5 Å². The highest BCUT2D eigenvalue weighted by Crippen LogP contribution is 2.38. The molecule has 1 saturated heterocycles. The molecule has 0 unspecified atom stereocenters. The molecule has 1 aliphatic heterocycles. The smallest absolute Gasteiger partial charge is 0.254 e. The van der Waals surface area contributed by atoms with Gasteiger partial charge in [-0.1, -0.05) is 18.2 Å².